The van der Waals surface area contributed by atoms with Crippen LogP contribution in [-0.4, -0.2) is 42.2 Å². The summed E-state index contributed by atoms with van der Waals surface area (Å²) < 4.78 is 19.1. The van der Waals surface area contributed by atoms with Gasteiger partial charge in [-0.3, -0.25) is 4.79 Å². The van der Waals surface area contributed by atoms with Gasteiger partial charge in [-0.2, -0.15) is 0 Å². The third-order valence-electron chi connectivity index (χ3n) is 5.25. The van der Waals surface area contributed by atoms with E-state index in [9.17, 15) is 9.18 Å². The van der Waals surface area contributed by atoms with E-state index >= 15 is 0 Å². The number of nitrogens with zero attached hydrogens (tertiary/aromatic N) is 1. The fraction of sp³-hybridized carbons (Fsp3) is 0.435. The number of hydrogen-bond acceptors (Lipinski definition) is 3. The number of hydrogen-bond donors (Lipinski definition) is 1. The van der Waals surface area contributed by atoms with Crippen LogP contribution in [0.25, 0.3) is 0 Å². The molecule has 0 saturated heterocycles. The van der Waals surface area contributed by atoms with E-state index < -0.39 is 5.97 Å². The number of carbonyl (C=O) groups is 1. The number of rotatable bonds is 9. The van der Waals surface area contributed by atoms with E-state index in [0.717, 1.165) is 56.6 Å². The van der Waals surface area contributed by atoms with Crippen molar-refractivity contribution in [1.29, 1.82) is 0 Å². The summed E-state index contributed by atoms with van der Waals surface area (Å²) >= 11 is 0. The third kappa shape index (κ3) is 6.06. The number of halogens is 1. The third-order valence-corrected chi connectivity index (χ3v) is 5.25. The van der Waals surface area contributed by atoms with Gasteiger partial charge in [-0.05, 0) is 73.5 Å². The van der Waals surface area contributed by atoms with Crippen LogP contribution in [0.4, 0.5) is 4.39 Å². The highest BCUT2D eigenvalue weighted by Crippen LogP contribution is 2.26. The van der Waals surface area contributed by atoms with Crippen molar-refractivity contribution in [3.63, 3.8) is 0 Å². The Bertz CT molecular complexity index is 776. The van der Waals surface area contributed by atoms with Crippen molar-refractivity contribution in [1.82, 2.24) is 4.90 Å². The van der Waals surface area contributed by atoms with Gasteiger partial charge in [0.25, 0.3) is 0 Å². The largest absolute Gasteiger partial charge is 0.493 e. The second-order valence-electron chi connectivity index (χ2n) is 7.31. The van der Waals surface area contributed by atoms with E-state index in [0.29, 0.717) is 13.0 Å². The van der Waals surface area contributed by atoms with Crippen molar-refractivity contribution < 1.29 is 19.0 Å². The molecular formula is C23H28FNO3. The van der Waals surface area contributed by atoms with E-state index in [1.807, 2.05) is 24.3 Å². The second-order valence-corrected chi connectivity index (χ2v) is 7.31. The zero-order valence-electron chi connectivity index (χ0n) is 16.2. The quantitative estimate of drug-likeness (QED) is 0.660. The molecule has 0 atom stereocenters. The Morgan fingerprint density at radius 3 is 2.64 bits per heavy atom. The zero-order chi connectivity index (χ0) is 19.8. The van der Waals surface area contributed by atoms with Crippen LogP contribution in [0.15, 0.2) is 42.5 Å². The summed E-state index contributed by atoms with van der Waals surface area (Å²) in [6.07, 6.45) is 4.57. The van der Waals surface area contributed by atoms with E-state index in [2.05, 4.69) is 11.0 Å². The molecule has 28 heavy (non-hydrogen) atoms. The molecule has 3 rings (SSSR count). The Morgan fingerprint density at radius 1 is 1.07 bits per heavy atom. The van der Waals surface area contributed by atoms with Gasteiger partial charge >= 0.3 is 5.97 Å². The number of benzene rings is 2. The van der Waals surface area contributed by atoms with Gasteiger partial charge in [-0.15, -0.1) is 0 Å². The minimum Gasteiger partial charge on any atom is -0.493 e. The maximum absolute atomic E-state index is 13.0. The molecule has 2 aromatic rings. The normalized spacial score (nSPS) is 14.3. The van der Waals surface area contributed by atoms with Gasteiger partial charge in [-0.1, -0.05) is 24.3 Å². The highest BCUT2D eigenvalue weighted by atomic mass is 19.1. The van der Waals surface area contributed by atoms with Crippen LogP contribution >= 0.6 is 0 Å². The average Bonchev–Trinajstić information content (AvgIpc) is 2.89. The highest BCUT2D eigenvalue weighted by molar-refractivity contribution is 5.66. The summed E-state index contributed by atoms with van der Waals surface area (Å²) in [7, 11) is 0. The van der Waals surface area contributed by atoms with Crippen LogP contribution in [0.1, 0.15) is 36.0 Å². The maximum Gasteiger partial charge on any atom is 0.303 e. The van der Waals surface area contributed by atoms with Gasteiger partial charge in [0, 0.05) is 19.5 Å². The molecule has 2 aromatic carbocycles. The monoisotopic (exact) mass is 385 g/mol. The van der Waals surface area contributed by atoms with Gasteiger partial charge in [0.05, 0.1) is 6.61 Å². The summed E-state index contributed by atoms with van der Waals surface area (Å²) in [6, 6.07) is 12.9. The predicted octanol–water partition coefficient (Wildman–Crippen LogP) is 4.10. The Kier molecular flexibility index (Phi) is 7.43. The van der Waals surface area contributed by atoms with Crippen LogP contribution in [0.3, 0.4) is 0 Å². The van der Waals surface area contributed by atoms with Gasteiger partial charge in [0.2, 0.25) is 0 Å². The number of carboxylic acid groups (broad SMARTS) is 1. The molecule has 0 saturated carbocycles. The van der Waals surface area contributed by atoms with E-state index in [1.54, 1.807) is 0 Å². The summed E-state index contributed by atoms with van der Waals surface area (Å²) in [6.45, 7) is 3.35. The first-order valence-electron chi connectivity index (χ1n) is 10.0. The number of ether oxygens (including phenoxy) is 1. The Labute approximate surface area is 165 Å². The molecule has 0 aromatic heterocycles. The first-order chi connectivity index (χ1) is 13.6. The Morgan fingerprint density at radius 2 is 1.86 bits per heavy atom. The molecule has 1 aliphatic heterocycles. The zero-order valence-corrected chi connectivity index (χ0v) is 16.2. The summed E-state index contributed by atoms with van der Waals surface area (Å²) in [5.41, 5.74) is 3.73. The fourth-order valence-corrected chi connectivity index (χ4v) is 3.71. The van der Waals surface area contributed by atoms with Gasteiger partial charge < -0.3 is 14.7 Å². The molecule has 1 heterocycles. The maximum atomic E-state index is 13.0. The van der Waals surface area contributed by atoms with Crippen molar-refractivity contribution in [2.75, 3.05) is 26.2 Å². The van der Waals surface area contributed by atoms with E-state index in [1.165, 1.54) is 23.3 Å². The van der Waals surface area contributed by atoms with Crippen LogP contribution in [-0.2, 0) is 24.1 Å². The summed E-state index contributed by atoms with van der Waals surface area (Å²) in [5.74, 6) is 0.0300. The summed E-state index contributed by atoms with van der Waals surface area (Å²) in [5, 5.41) is 8.81. The van der Waals surface area contributed by atoms with Crippen molar-refractivity contribution in [2.24, 2.45) is 0 Å². The standard InChI is InChI=1S/C23H28FNO3/c24-20-10-8-18(9-11-20)4-3-17-28-22-6-1-5-19-12-15-25(16-13-21(19)22)14-2-7-23(26)27/h1,5-6,8-11H,2-4,7,12-17H2,(H,26,27). The lowest BCUT2D eigenvalue weighted by atomic mass is 10.0. The van der Waals surface area contributed by atoms with Gasteiger partial charge in [0.15, 0.2) is 0 Å². The molecular weight excluding hydrogens is 357 g/mol. The van der Waals surface area contributed by atoms with Crippen molar-refractivity contribution in [3.8, 4) is 5.75 Å². The van der Waals surface area contributed by atoms with Crippen molar-refractivity contribution in [2.45, 2.75) is 38.5 Å². The van der Waals surface area contributed by atoms with Crippen LogP contribution in [0, 0.1) is 5.82 Å². The fourth-order valence-electron chi connectivity index (χ4n) is 3.71. The van der Waals surface area contributed by atoms with E-state index in [-0.39, 0.29) is 12.2 Å². The van der Waals surface area contributed by atoms with Crippen molar-refractivity contribution >= 4 is 5.97 Å². The topological polar surface area (TPSA) is 49.8 Å². The molecule has 1 N–H and O–H groups in total. The molecule has 0 fully saturated rings. The highest BCUT2D eigenvalue weighted by Gasteiger charge is 2.17. The van der Waals surface area contributed by atoms with Crippen LogP contribution < -0.4 is 4.74 Å². The molecule has 5 heteroatoms. The number of aryl methyl sites for hydroxylation is 1. The molecule has 150 valence electrons. The lowest BCUT2D eigenvalue weighted by molar-refractivity contribution is -0.137. The number of carboxylic acids is 1. The molecule has 0 aliphatic carbocycles. The van der Waals surface area contributed by atoms with Crippen molar-refractivity contribution in [3.05, 3.63) is 65.0 Å². The lowest BCUT2D eigenvalue weighted by Crippen LogP contribution is -2.27. The molecule has 0 bridgehead atoms. The smallest absolute Gasteiger partial charge is 0.303 e. The molecule has 0 spiro atoms. The number of fused-ring (bicyclic) bond motifs is 1. The molecule has 0 amide bonds. The minimum absolute atomic E-state index is 0.205. The lowest BCUT2D eigenvalue weighted by Gasteiger charge is -2.19. The SMILES string of the molecule is O=C(O)CCCN1CCc2cccc(OCCCc3ccc(F)cc3)c2CC1. The van der Waals surface area contributed by atoms with E-state index in [4.69, 9.17) is 9.84 Å². The van der Waals surface area contributed by atoms with Crippen LogP contribution in [0.2, 0.25) is 0 Å². The number of aliphatic carboxylic acids is 1. The molecule has 0 unspecified atom stereocenters. The second kappa shape index (κ2) is 10.2. The molecule has 1 aliphatic rings. The Balaban J connectivity index is 1.50. The first-order valence-corrected chi connectivity index (χ1v) is 10.0. The van der Waals surface area contributed by atoms with Gasteiger partial charge in [0.1, 0.15) is 11.6 Å². The molecule has 0 radical (unpaired) electrons. The van der Waals surface area contributed by atoms with Crippen LogP contribution in [0.5, 0.6) is 5.75 Å². The average molecular weight is 385 g/mol. The molecule has 4 nitrogen and oxygen atoms in total. The predicted molar refractivity (Wildman–Crippen MR) is 107 cm³/mol. The minimum atomic E-state index is -0.727. The summed E-state index contributed by atoms with van der Waals surface area (Å²) in [4.78, 5) is 13.1. The van der Waals surface area contributed by atoms with Gasteiger partial charge in [-0.25, -0.2) is 4.39 Å². The first kappa shape index (κ1) is 20.3. The Hall–Kier alpha value is -2.40.